The fraction of sp³-hybridized carbons (Fsp3) is 0.179. The molecule has 0 aliphatic rings. The van der Waals surface area contributed by atoms with Crippen molar-refractivity contribution in [3.05, 3.63) is 78.1 Å². The number of ether oxygens (including phenoxy) is 3. The summed E-state index contributed by atoms with van der Waals surface area (Å²) in [5.74, 6) is 3.97. The molecule has 8 nitrogen and oxygen atoms in total. The maximum Gasteiger partial charge on any atom is 0.165 e. The van der Waals surface area contributed by atoms with Crippen molar-refractivity contribution in [2.45, 2.75) is 13.8 Å². The lowest BCUT2D eigenvalue weighted by atomic mass is 10.1. The maximum atomic E-state index is 5.92. The second-order valence-electron chi connectivity index (χ2n) is 8.35. The molecular formula is C28H27N5O3. The lowest BCUT2D eigenvalue weighted by molar-refractivity contribution is 0.356. The quantitative estimate of drug-likeness (QED) is 0.296. The summed E-state index contributed by atoms with van der Waals surface area (Å²) in [7, 11) is 5.14. The summed E-state index contributed by atoms with van der Waals surface area (Å²) in [5.41, 5.74) is 4.34. The Morgan fingerprint density at radius 1 is 0.806 bits per heavy atom. The number of hydrogen-bond donors (Lipinski definition) is 1. The molecule has 2 aromatic heterocycles. The van der Waals surface area contributed by atoms with Crippen LogP contribution in [0.5, 0.6) is 23.0 Å². The minimum atomic E-state index is 0.587. The third-order valence-corrected chi connectivity index (χ3v) is 6.03. The molecule has 0 spiro atoms. The van der Waals surface area contributed by atoms with Crippen LogP contribution in [0.25, 0.3) is 22.3 Å². The molecule has 2 heterocycles. The van der Waals surface area contributed by atoms with Crippen LogP contribution in [0.1, 0.15) is 11.4 Å². The minimum absolute atomic E-state index is 0.587. The van der Waals surface area contributed by atoms with E-state index in [1.807, 2.05) is 92.3 Å². The van der Waals surface area contributed by atoms with Crippen LogP contribution in [-0.2, 0) is 7.05 Å². The highest BCUT2D eigenvalue weighted by atomic mass is 16.5. The number of anilines is 2. The van der Waals surface area contributed by atoms with Crippen LogP contribution >= 0.6 is 0 Å². The van der Waals surface area contributed by atoms with Crippen molar-refractivity contribution < 1.29 is 14.2 Å². The van der Waals surface area contributed by atoms with Crippen molar-refractivity contribution >= 4 is 22.4 Å². The number of methoxy groups -OCH3 is 2. The first-order valence-corrected chi connectivity index (χ1v) is 11.5. The molecule has 5 aromatic rings. The first kappa shape index (κ1) is 23.2. The third kappa shape index (κ3) is 4.40. The summed E-state index contributed by atoms with van der Waals surface area (Å²) >= 11 is 0. The van der Waals surface area contributed by atoms with Gasteiger partial charge in [-0.3, -0.25) is 4.68 Å². The molecule has 1 N–H and O–H groups in total. The fourth-order valence-corrected chi connectivity index (χ4v) is 4.13. The van der Waals surface area contributed by atoms with Crippen molar-refractivity contribution in [3.63, 3.8) is 0 Å². The van der Waals surface area contributed by atoms with E-state index >= 15 is 0 Å². The second kappa shape index (κ2) is 9.58. The van der Waals surface area contributed by atoms with Crippen molar-refractivity contribution in [2.75, 3.05) is 19.5 Å². The molecule has 182 valence electrons. The van der Waals surface area contributed by atoms with Gasteiger partial charge in [0, 0.05) is 29.9 Å². The summed E-state index contributed by atoms with van der Waals surface area (Å²) in [4.78, 5) is 9.79. The van der Waals surface area contributed by atoms with Gasteiger partial charge in [-0.1, -0.05) is 18.2 Å². The van der Waals surface area contributed by atoms with Gasteiger partial charge >= 0.3 is 0 Å². The third-order valence-electron chi connectivity index (χ3n) is 6.03. The van der Waals surface area contributed by atoms with Gasteiger partial charge in [0.1, 0.15) is 17.3 Å². The number of fused-ring (bicyclic) bond motifs is 1. The number of nitrogens with one attached hydrogen (secondary N) is 1. The molecule has 0 fully saturated rings. The highest BCUT2D eigenvalue weighted by molar-refractivity contribution is 5.94. The molecular weight excluding hydrogens is 454 g/mol. The maximum absolute atomic E-state index is 5.92. The topological polar surface area (TPSA) is 83.3 Å². The van der Waals surface area contributed by atoms with Crippen LogP contribution in [0.15, 0.2) is 66.7 Å². The second-order valence-corrected chi connectivity index (χ2v) is 8.35. The monoisotopic (exact) mass is 481 g/mol. The molecule has 0 aliphatic heterocycles. The van der Waals surface area contributed by atoms with Crippen LogP contribution in [0, 0.1) is 13.8 Å². The van der Waals surface area contributed by atoms with E-state index in [0.29, 0.717) is 23.1 Å². The van der Waals surface area contributed by atoms with Crippen LogP contribution in [0.3, 0.4) is 0 Å². The fourth-order valence-electron chi connectivity index (χ4n) is 4.13. The summed E-state index contributed by atoms with van der Waals surface area (Å²) in [5, 5.41) is 8.80. The van der Waals surface area contributed by atoms with Crippen LogP contribution in [0.2, 0.25) is 0 Å². The highest BCUT2D eigenvalue weighted by Crippen LogP contribution is 2.37. The number of nitrogens with zero attached hydrogens (tertiary/aromatic N) is 4. The average Bonchev–Trinajstić information content (AvgIpc) is 3.15. The smallest absolute Gasteiger partial charge is 0.165 e. The molecule has 0 amide bonds. The molecule has 0 atom stereocenters. The van der Waals surface area contributed by atoms with Crippen molar-refractivity contribution in [2.24, 2.45) is 7.05 Å². The van der Waals surface area contributed by atoms with Gasteiger partial charge in [0.25, 0.3) is 0 Å². The van der Waals surface area contributed by atoms with Gasteiger partial charge in [0.15, 0.2) is 17.3 Å². The van der Waals surface area contributed by atoms with Crippen molar-refractivity contribution in [1.82, 2.24) is 19.7 Å². The minimum Gasteiger partial charge on any atom is -0.493 e. The molecule has 36 heavy (non-hydrogen) atoms. The number of hydrogen-bond acceptors (Lipinski definition) is 7. The van der Waals surface area contributed by atoms with E-state index in [2.05, 4.69) is 10.4 Å². The Morgan fingerprint density at radius 2 is 1.47 bits per heavy atom. The molecule has 0 radical (unpaired) electrons. The van der Waals surface area contributed by atoms with Crippen LogP contribution in [0.4, 0.5) is 11.5 Å². The predicted molar refractivity (Wildman–Crippen MR) is 141 cm³/mol. The van der Waals surface area contributed by atoms with Gasteiger partial charge in [0.2, 0.25) is 0 Å². The SMILES string of the molecule is COc1cc2nc(-c3c(C)nn(C)c3C)nc(Nc3ccc(Oc4ccccc4)cc3)c2cc1OC. The van der Waals surface area contributed by atoms with Crippen LogP contribution < -0.4 is 19.5 Å². The normalized spacial score (nSPS) is 10.9. The van der Waals surface area contributed by atoms with Gasteiger partial charge < -0.3 is 19.5 Å². The Balaban J connectivity index is 1.57. The molecule has 0 aliphatic carbocycles. The molecule has 0 saturated heterocycles. The number of aryl methyl sites for hydroxylation is 2. The largest absolute Gasteiger partial charge is 0.493 e. The number of rotatable bonds is 7. The summed E-state index contributed by atoms with van der Waals surface area (Å²) < 4.78 is 18.8. The van der Waals surface area contributed by atoms with Gasteiger partial charge in [-0.2, -0.15) is 5.10 Å². The Kier molecular flexibility index (Phi) is 6.16. The Labute approximate surface area is 209 Å². The van der Waals surface area contributed by atoms with E-state index in [0.717, 1.165) is 45.0 Å². The predicted octanol–water partition coefficient (Wildman–Crippen LogP) is 6.20. The van der Waals surface area contributed by atoms with E-state index in [-0.39, 0.29) is 0 Å². The van der Waals surface area contributed by atoms with E-state index in [4.69, 9.17) is 24.2 Å². The zero-order valence-electron chi connectivity index (χ0n) is 20.9. The van der Waals surface area contributed by atoms with Gasteiger partial charge in [-0.05, 0) is 56.3 Å². The highest BCUT2D eigenvalue weighted by Gasteiger charge is 2.19. The van der Waals surface area contributed by atoms with Gasteiger partial charge in [-0.15, -0.1) is 0 Å². The van der Waals surface area contributed by atoms with Crippen molar-refractivity contribution in [1.29, 1.82) is 0 Å². The summed E-state index contributed by atoms with van der Waals surface area (Å²) in [6.45, 7) is 3.97. The van der Waals surface area contributed by atoms with E-state index in [1.165, 1.54) is 0 Å². The lowest BCUT2D eigenvalue weighted by Gasteiger charge is -2.14. The average molecular weight is 482 g/mol. The van der Waals surface area contributed by atoms with Crippen LogP contribution in [-0.4, -0.2) is 34.0 Å². The zero-order chi connectivity index (χ0) is 25.2. The molecule has 0 unspecified atom stereocenters. The Morgan fingerprint density at radius 3 is 2.11 bits per heavy atom. The molecule has 8 heteroatoms. The van der Waals surface area contributed by atoms with E-state index in [9.17, 15) is 0 Å². The van der Waals surface area contributed by atoms with Gasteiger partial charge in [-0.25, -0.2) is 9.97 Å². The lowest BCUT2D eigenvalue weighted by Crippen LogP contribution is -2.02. The summed E-state index contributed by atoms with van der Waals surface area (Å²) in [6.07, 6.45) is 0. The summed E-state index contributed by atoms with van der Waals surface area (Å²) in [6, 6.07) is 21.2. The Hall–Kier alpha value is -4.59. The zero-order valence-corrected chi connectivity index (χ0v) is 20.9. The molecule has 5 rings (SSSR count). The molecule has 3 aromatic carbocycles. The number of benzene rings is 3. The standard InChI is InChI=1S/C28H27N5O3/c1-17-26(18(2)33(3)32-17)28-30-23-16-25(35-5)24(34-4)15-22(23)27(31-28)29-19-11-13-21(14-12-19)36-20-9-7-6-8-10-20/h6-16H,1-5H3,(H,29,30,31). The molecule has 0 saturated carbocycles. The van der Waals surface area contributed by atoms with Gasteiger partial charge in [0.05, 0.1) is 31.0 Å². The molecule has 0 bridgehead atoms. The van der Waals surface area contributed by atoms with Crippen molar-refractivity contribution in [3.8, 4) is 34.4 Å². The number of aromatic nitrogens is 4. The Bertz CT molecular complexity index is 1530. The first-order valence-electron chi connectivity index (χ1n) is 11.5. The first-order chi connectivity index (χ1) is 17.5. The van der Waals surface area contributed by atoms with E-state index < -0.39 is 0 Å². The van der Waals surface area contributed by atoms with E-state index in [1.54, 1.807) is 14.2 Å². The number of para-hydroxylation sites is 1.